The number of hydrogen-bond donors (Lipinski definition) is 1. The van der Waals surface area contributed by atoms with Crippen LogP contribution >= 0.6 is 0 Å². The molecule has 5 nitrogen and oxygen atoms in total. The largest absolute Gasteiger partial charge is 0.333 e. The second-order valence-corrected chi connectivity index (χ2v) is 7.34. The molecule has 126 valence electrons. The molecule has 0 atom stereocenters. The number of nitrogens with one attached hydrogen (secondary N) is 1. The van der Waals surface area contributed by atoms with Gasteiger partial charge in [-0.05, 0) is 45.6 Å². The average molecular weight is 316 g/mol. The zero-order valence-electron chi connectivity index (χ0n) is 14.3. The fourth-order valence-electron chi connectivity index (χ4n) is 3.87. The van der Waals surface area contributed by atoms with Crippen molar-refractivity contribution < 1.29 is 4.79 Å². The van der Waals surface area contributed by atoms with Crippen LogP contribution in [0.25, 0.3) is 0 Å². The zero-order valence-corrected chi connectivity index (χ0v) is 14.3. The highest BCUT2D eigenvalue weighted by molar-refractivity contribution is 5.75. The minimum absolute atomic E-state index is 0.00402. The zero-order chi connectivity index (χ0) is 16.3. The normalized spacial score (nSPS) is 21.9. The summed E-state index contributed by atoms with van der Waals surface area (Å²) in [5.74, 6) is 1.28. The van der Waals surface area contributed by atoms with Crippen LogP contribution in [0, 0.1) is 6.92 Å². The Hall–Kier alpha value is -1.65. The third-order valence-corrected chi connectivity index (χ3v) is 5.36. The molecule has 2 heterocycles. The van der Waals surface area contributed by atoms with E-state index < -0.39 is 0 Å². The van der Waals surface area contributed by atoms with Gasteiger partial charge in [-0.15, -0.1) is 0 Å². The van der Waals surface area contributed by atoms with E-state index in [-0.39, 0.29) is 11.6 Å². The molecule has 23 heavy (non-hydrogen) atoms. The van der Waals surface area contributed by atoms with Gasteiger partial charge in [-0.2, -0.15) is 0 Å². The lowest BCUT2D eigenvalue weighted by atomic mass is 9.83. The van der Waals surface area contributed by atoms with Crippen LogP contribution in [0.15, 0.2) is 12.3 Å². The maximum absolute atomic E-state index is 12.6. The number of hydrogen-bond acceptors (Lipinski definition) is 3. The summed E-state index contributed by atoms with van der Waals surface area (Å²) < 4.78 is 0. The van der Waals surface area contributed by atoms with E-state index in [0.29, 0.717) is 5.92 Å². The molecule has 0 spiro atoms. The summed E-state index contributed by atoms with van der Waals surface area (Å²) >= 11 is 0. The Kier molecular flexibility index (Phi) is 4.83. The number of aromatic nitrogens is 2. The predicted octanol–water partition coefficient (Wildman–Crippen LogP) is 3.40. The van der Waals surface area contributed by atoms with E-state index in [2.05, 4.69) is 22.2 Å². The second-order valence-electron chi connectivity index (χ2n) is 7.34. The molecule has 1 aliphatic carbocycles. The van der Waals surface area contributed by atoms with E-state index in [9.17, 15) is 4.79 Å². The highest BCUT2D eigenvalue weighted by atomic mass is 16.2. The SMILES string of the molecule is Cc1nccc(C2CCN(C(=O)NC3(C)CCCCC3)CC2)n1. The van der Waals surface area contributed by atoms with E-state index in [1.807, 2.05) is 24.1 Å². The number of nitrogens with zero attached hydrogens (tertiary/aromatic N) is 3. The number of piperidine rings is 1. The first-order chi connectivity index (χ1) is 11.1. The van der Waals surface area contributed by atoms with Crippen LogP contribution in [-0.2, 0) is 0 Å². The number of amides is 2. The summed E-state index contributed by atoms with van der Waals surface area (Å²) in [7, 11) is 0. The minimum Gasteiger partial charge on any atom is -0.333 e. The van der Waals surface area contributed by atoms with Crippen molar-refractivity contribution in [3.05, 3.63) is 23.8 Å². The van der Waals surface area contributed by atoms with E-state index in [1.54, 1.807) is 0 Å². The quantitative estimate of drug-likeness (QED) is 0.910. The standard InChI is InChI=1S/C18H28N4O/c1-14-19-11-6-16(20-14)15-7-12-22(13-8-15)17(23)21-18(2)9-4-3-5-10-18/h6,11,15H,3-5,7-10,12-13H2,1-2H3,(H,21,23). The van der Waals surface area contributed by atoms with Gasteiger partial charge in [0.05, 0.1) is 0 Å². The van der Waals surface area contributed by atoms with E-state index in [4.69, 9.17) is 0 Å². The van der Waals surface area contributed by atoms with Gasteiger partial charge in [0.25, 0.3) is 0 Å². The molecule has 0 radical (unpaired) electrons. The third-order valence-electron chi connectivity index (χ3n) is 5.36. The molecule has 1 saturated heterocycles. The Bertz CT molecular complexity index is 546. The van der Waals surface area contributed by atoms with Gasteiger partial charge in [-0.1, -0.05) is 19.3 Å². The van der Waals surface area contributed by atoms with E-state index in [0.717, 1.165) is 50.3 Å². The van der Waals surface area contributed by atoms with E-state index in [1.165, 1.54) is 19.3 Å². The average Bonchev–Trinajstić information content (AvgIpc) is 2.55. The van der Waals surface area contributed by atoms with Crippen molar-refractivity contribution in [1.29, 1.82) is 0 Å². The molecule has 1 N–H and O–H groups in total. The second kappa shape index (κ2) is 6.85. The van der Waals surface area contributed by atoms with Gasteiger partial charge in [0.2, 0.25) is 0 Å². The summed E-state index contributed by atoms with van der Waals surface area (Å²) in [5, 5.41) is 3.29. The van der Waals surface area contributed by atoms with Crippen LogP contribution in [0.1, 0.15) is 69.3 Å². The topological polar surface area (TPSA) is 58.1 Å². The predicted molar refractivity (Wildman–Crippen MR) is 90.3 cm³/mol. The Morgan fingerprint density at radius 3 is 2.61 bits per heavy atom. The van der Waals surface area contributed by atoms with Crippen LogP contribution in [0.5, 0.6) is 0 Å². The van der Waals surface area contributed by atoms with Crippen molar-refractivity contribution in [2.24, 2.45) is 0 Å². The Labute approximate surface area is 138 Å². The Morgan fingerprint density at radius 1 is 1.26 bits per heavy atom. The van der Waals surface area contributed by atoms with Gasteiger partial charge >= 0.3 is 6.03 Å². The van der Waals surface area contributed by atoms with Crippen molar-refractivity contribution in [1.82, 2.24) is 20.2 Å². The maximum atomic E-state index is 12.6. The lowest BCUT2D eigenvalue weighted by Gasteiger charge is -2.38. The van der Waals surface area contributed by atoms with Crippen molar-refractivity contribution in [3.63, 3.8) is 0 Å². The molecule has 3 rings (SSSR count). The number of carbonyl (C=O) groups excluding carboxylic acids is 1. The van der Waals surface area contributed by atoms with Gasteiger partial charge in [-0.3, -0.25) is 0 Å². The molecule has 1 aliphatic heterocycles. The molecule has 2 amide bonds. The minimum atomic E-state index is -0.00402. The maximum Gasteiger partial charge on any atom is 0.317 e. The summed E-state index contributed by atoms with van der Waals surface area (Å²) in [6.45, 7) is 5.75. The van der Waals surface area contributed by atoms with Gasteiger partial charge in [0, 0.05) is 36.4 Å². The number of likely N-dealkylation sites (tertiary alicyclic amines) is 1. The summed E-state index contributed by atoms with van der Waals surface area (Å²) in [5.41, 5.74) is 1.12. The fourth-order valence-corrected chi connectivity index (χ4v) is 3.87. The van der Waals surface area contributed by atoms with Crippen LogP contribution < -0.4 is 5.32 Å². The van der Waals surface area contributed by atoms with Gasteiger partial charge in [0.15, 0.2) is 0 Å². The summed E-state index contributed by atoms with van der Waals surface area (Å²) in [4.78, 5) is 23.2. The highest BCUT2D eigenvalue weighted by Crippen LogP contribution is 2.29. The first kappa shape index (κ1) is 16.2. The molecule has 5 heteroatoms. The van der Waals surface area contributed by atoms with Gasteiger partial charge < -0.3 is 10.2 Å². The third kappa shape index (κ3) is 4.01. The van der Waals surface area contributed by atoms with E-state index >= 15 is 0 Å². The molecule has 0 aromatic carbocycles. The van der Waals surface area contributed by atoms with Crippen molar-refractivity contribution in [2.75, 3.05) is 13.1 Å². The fraction of sp³-hybridized carbons (Fsp3) is 0.722. The van der Waals surface area contributed by atoms with Crippen molar-refractivity contribution in [3.8, 4) is 0 Å². The first-order valence-corrected chi connectivity index (χ1v) is 8.92. The first-order valence-electron chi connectivity index (χ1n) is 8.92. The van der Waals surface area contributed by atoms with Gasteiger partial charge in [-0.25, -0.2) is 14.8 Å². The highest BCUT2D eigenvalue weighted by Gasteiger charge is 2.31. The van der Waals surface area contributed by atoms with Crippen LogP contribution in [0.4, 0.5) is 4.79 Å². The summed E-state index contributed by atoms with van der Waals surface area (Å²) in [6.07, 6.45) is 9.78. The number of rotatable bonds is 2. The molecular weight excluding hydrogens is 288 g/mol. The lowest BCUT2D eigenvalue weighted by Crippen LogP contribution is -2.53. The number of aryl methyl sites for hydroxylation is 1. The smallest absolute Gasteiger partial charge is 0.317 e. The molecular formula is C18H28N4O. The lowest BCUT2D eigenvalue weighted by molar-refractivity contribution is 0.160. The monoisotopic (exact) mass is 316 g/mol. The summed E-state index contributed by atoms with van der Waals surface area (Å²) in [6, 6.07) is 2.13. The van der Waals surface area contributed by atoms with Gasteiger partial charge in [0.1, 0.15) is 5.82 Å². The molecule has 1 saturated carbocycles. The van der Waals surface area contributed by atoms with Crippen molar-refractivity contribution in [2.45, 2.75) is 70.3 Å². The number of carbonyl (C=O) groups is 1. The number of urea groups is 1. The molecule has 1 aromatic heterocycles. The molecule has 0 unspecified atom stereocenters. The molecule has 1 aromatic rings. The Morgan fingerprint density at radius 2 is 1.96 bits per heavy atom. The van der Waals surface area contributed by atoms with Crippen molar-refractivity contribution >= 4 is 6.03 Å². The molecule has 2 aliphatic rings. The molecule has 0 bridgehead atoms. The Balaban J connectivity index is 1.53. The molecule has 2 fully saturated rings. The van der Waals surface area contributed by atoms with Crippen LogP contribution in [0.3, 0.4) is 0 Å². The van der Waals surface area contributed by atoms with Crippen LogP contribution in [0.2, 0.25) is 0 Å². The van der Waals surface area contributed by atoms with Crippen LogP contribution in [-0.4, -0.2) is 39.5 Å².